The molecule has 5 nitrogen and oxygen atoms in total. The Morgan fingerprint density at radius 3 is 2.95 bits per heavy atom. The zero-order valence-electron chi connectivity index (χ0n) is 11.9. The van der Waals surface area contributed by atoms with Crippen molar-refractivity contribution in [3.05, 3.63) is 29.7 Å². The van der Waals surface area contributed by atoms with Gasteiger partial charge in [0.05, 0.1) is 11.8 Å². The van der Waals surface area contributed by atoms with Gasteiger partial charge in [-0.1, -0.05) is 0 Å². The van der Waals surface area contributed by atoms with Crippen molar-refractivity contribution in [3.8, 4) is 0 Å². The van der Waals surface area contributed by atoms with Gasteiger partial charge in [0.2, 0.25) is 0 Å². The van der Waals surface area contributed by atoms with E-state index in [9.17, 15) is 5.11 Å². The van der Waals surface area contributed by atoms with Crippen molar-refractivity contribution in [1.82, 2.24) is 19.9 Å². The highest BCUT2D eigenvalue weighted by Crippen LogP contribution is 2.23. The van der Waals surface area contributed by atoms with Crippen LogP contribution in [0.15, 0.2) is 18.5 Å². The Hall–Kier alpha value is -1.46. The number of fused-ring (bicyclic) bond motifs is 1. The van der Waals surface area contributed by atoms with Crippen LogP contribution in [0.3, 0.4) is 0 Å². The lowest BCUT2D eigenvalue weighted by Crippen LogP contribution is -2.27. The van der Waals surface area contributed by atoms with Crippen LogP contribution < -0.4 is 5.32 Å². The second-order valence-corrected chi connectivity index (χ2v) is 5.86. The molecule has 2 aromatic heterocycles. The van der Waals surface area contributed by atoms with Gasteiger partial charge in [0, 0.05) is 30.6 Å². The molecule has 0 amide bonds. The van der Waals surface area contributed by atoms with Gasteiger partial charge < -0.3 is 10.4 Å². The summed E-state index contributed by atoms with van der Waals surface area (Å²) in [7, 11) is 0. The number of aromatic nitrogens is 3. The zero-order valence-corrected chi connectivity index (χ0v) is 11.9. The molecule has 0 spiro atoms. The lowest BCUT2D eigenvalue weighted by atomic mass is 9.87. The van der Waals surface area contributed by atoms with E-state index >= 15 is 0 Å². The molecule has 0 aromatic carbocycles. The second-order valence-electron chi connectivity index (χ2n) is 5.86. The number of aryl methyl sites for hydroxylation is 1. The molecule has 2 aromatic rings. The molecule has 0 bridgehead atoms. The van der Waals surface area contributed by atoms with Crippen LogP contribution in [0.1, 0.15) is 36.9 Å². The van der Waals surface area contributed by atoms with E-state index in [2.05, 4.69) is 15.4 Å². The lowest BCUT2D eigenvalue weighted by Gasteiger charge is -2.25. The molecular formula is C15H22N4O. The van der Waals surface area contributed by atoms with E-state index in [0.717, 1.165) is 55.7 Å². The van der Waals surface area contributed by atoms with Crippen molar-refractivity contribution in [2.45, 2.75) is 45.3 Å². The fraction of sp³-hybridized carbons (Fsp3) is 0.600. The molecule has 2 heterocycles. The largest absolute Gasteiger partial charge is 0.393 e. The van der Waals surface area contributed by atoms with E-state index < -0.39 is 0 Å². The number of nitrogens with zero attached hydrogens (tertiary/aromatic N) is 3. The van der Waals surface area contributed by atoms with Crippen LogP contribution in [-0.4, -0.2) is 32.4 Å². The third kappa shape index (κ3) is 3.16. The molecule has 5 heteroatoms. The Morgan fingerprint density at radius 2 is 2.15 bits per heavy atom. The normalized spacial score (nSPS) is 23.3. The highest BCUT2D eigenvalue weighted by Gasteiger charge is 2.18. The quantitative estimate of drug-likeness (QED) is 0.890. The Labute approximate surface area is 119 Å². The maximum atomic E-state index is 9.49. The fourth-order valence-corrected chi connectivity index (χ4v) is 2.89. The van der Waals surface area contributed by atoms with Gasteiger partial charge in [0.15, 0.2) is 5.65 Å². The molecule has 0 aliphatic heterocycles. The summed E-state index contributed by atoms with van der Waals surface area (Å²) in [5.41, 5.74) is 3.03. The van der Waals surface area contributed by atoms with Crippen molar-refractivity contribution < 1.29 is 5.11 Å². The minimum absolute atomic E-state index is 0.0686. The van der Waals surface area contributed by atoms with Gasteiger partial charge in [-0.3, -0.25) is 0 Å². The molecule has 3 rings (SSSR count). The van der Waals surface area contributed by atoms with Crippen LogP contribution >= 0.6 is 0 Å². The molecule has 0 unspecified atom stereocenters. The molecule has 0 radical (unpaired) electrons. The number of hydrogen-bond donors (Lipinski definition) is 2. The number of nitrogens with one attached hydrogen (secondary N) is 1. The van der Waals surface area contributed by atoms with Gasteiger partial charge in [-0.25, -0.2) is 9.50 Å². The Morgan fingerprint density at radius 1 is 1.35 bits per heavy atom. The Kier molecular flexibility index (Phi) is 3.98. The first-order valence-electron chi connectivity index (χ1n) is 7.40. The standard InChI is InChI=1S/C15H22N4O/c1-11-6-15-17-9-13(10-19(15)18-11)8-16-7-12-2-4-14(20)5-3-12/h6,9-10,12,14,16,20H,2-5,7-8H2,1H3. The summed E-state index contributed by atoms with van der Waals surface area (Å²) in [4.78, 5) is 4.40. The predicted molar refractivity (Wildman–Crippen MR) is 77.4 cm³/mol. The Balaban J connectivity index is 1.52. The number of aliphatic hydroxyl groups is 1. The van der Waals surface area contributed by atoms with Crippen LogP contribution in [-0.2, 0) is 6.54 Å². The van der Waals surface area contributed by atoms with Crippen molar-refractivity contribution in [3.63, 3.8) is 0 Å². The number of hydrogen-bond acceptors (Lipinski definition) is 4. The van der Waals surface area contributed by atoms with Crippen LogP contribution in [0.5, 0.6) is 0 Å². The van der Waals surface area contributed by atoms with E-state index in [1.165, 1.54) is 0 Å². The SMILES string of the molecule is Cc1cc2ncc(CNCC3CCC(O)CC3)cn2n1. The summed E-state index contributed by atoms with van der Waals surface area (Å²) in [6.45, 7) is 3.81. The summed E-state index contributed by atoms with van der Waals surface area (Å²) in [5, 5.41) is 17.4. The molecule has 1 saturated carbocycles. The molecule has 1 aliphatic rings. The van der Waals surface area contributed by atoms with Crippen LogP contribution in [0, 0.1) is 12.8 Å². The van der Waals surface area contributed by atoms with Crippen molar-refractivity contribution in [2.75, 3.05) is 6.54 Å². The van der Waals surface area contributed by atoms with Gasteiger partial charge in [0.1, 0.15) is 0 Å². The molecule has 1 fully saturated rings. The average Bonchev–Trinajstić information content (AvgIpc) is 2.80. The predicted octanol–water partition coefficient (Wildman–Crippen LogP) is 1.68. The van der Waals surface area contributed by atoms with Gasteiger partial charge in [0.25, 0.3) is 0 Å². The minimum atomic E-state index is -0.0686. The molecule has 0 atom stereocenters. The molecule has 0 saturated heterocycles. The maximum absolute atomic E-state index is 9.49. The smallest absolute Gasteiger partial charge is 0.155 e. The number of rotatable bonds is 4. The van der Waals surface area contributed by atoms with Crippen LogP contribution in [0.2, 0.25) is 0 Å². The highest BCUT2D eigenvalue weighted by atomic mass is 16.3. The second kappa shape index (κ2) is 5.89. The van der Waals surface area contributed by atoms with Crippen LogP contribution in [0.4, 0.5) is 0 Å². The zero-order chi connectivity index (χ0) is 13.9. The maximum Gasteiger partial charge on any atom is 0.155 e. The fourth-order valence-electron chi connectivity index (χ4n) is 2.89. The average molecular weight is 274 g/mol. The van der Waals surface area contributed by atoms with E-state index in [1.54, 1.807) is 0 Å². The first-order chi connectivity index (χ1) is 9.70. The summed E-state index contributed by atoms with van der Waals surface area (Å²) in [6.07, 6.45) is 8.04. The Bertz CT molecular complexity index is 572. The first kappa shape index (κ1) is 13.5. The van der Waals surface area contributed by atoms with E-state index in [-0.39, 0.29) is 6.10 Å². The minimum Gasteiger partial charge on any atom is -0.393 e. The van der Waals surface area contributed by atoms with Crippen molar-refractivity contribution in [2.24, 2.45) is 5.92 Å². The van der Waals surface area contributed by atoms with E-state index in [4.69, 9.17) is 0 Å². The summed E-state index contributed by atoms with van der Waals surface area (Å²) >= 11 is 0. The van der Waals surface area contributed by atoms with Gasteiger partial charge >= 0.3 is 0 Å². The highest BCUT2D eigenvalue weighted by molar-refractivity contribution is 5.38. The molecule has 108 valence electrons. The molecule has 2 N–H and O–H groups in total. The summed E-state index contributed by atoms with van der Waals surface area (Å²) < 4.78 is 1.84. The molecule has 20 heavy (non-hydrogen) atoms. The molecule has 1 aliphatic carbocycles. The molecular weight excluding hydrogens is 252 g/mol. The number of aliphatic hydroxyl groups excluding tert-OH is 1. The lowest BCUT2D eigenvalue weighted by molar-refractivity contribution is 0.108. The van der Waals surface area contributed by atoms with E-state index in [1.807, 2.05) is 29.9 Å². The van der Waals surface area contributed by atoms with Gasteiger partial charge in [-0.2, -0.15) is 5.10 Å². The van der Waals surface area contributed by atoms with Gasteiger partial charge in [-0.05, 0) is 45.1 Å². The van der Waals surface area contributed by atoms with E-state index in [0.29, 0.717) is 5.92 Å². The monoisotopic (exact) mass is 274 g/mol. The van der Waals surface area contributed by atoms with Crippen molar-refractivity contribution >= 4 is 5.65 Å². The van der Waals surface area contributed by atoms with Crippen LogP contribution in [0.25, 0.3) is 5.65 Å². The third-order valence-electron chi connectivity index (χ3n) is 4.07. The summed E-state index contributed by atoms with van der Waals surface area (Å²) in [6, 6.07) is 1.98. The first-order valence-corrected chi connectivity index (χ1v) is 7.40. The van der Waals surface area contributed by atoms with Gasteiger partial charge in [-0.15, -0.1) is 0 Å². The topological polar surface area (TPSA) is 62.5 Å². The summed E-state index contributed by atoms with van der Waals surface area (Å²) in [5.74, 6) is 0.696. The van der Waals surface area contributed by atoms with Crippen molar-refractivity contribution in [1.29, 1.82) is 0 Å². The third-order valence-corrected chi connectivity index (χ3v) is 4.07.